The average molecular weight is 375 g/mol. The van der Waals surface area contributed by atoms with E-state index in [0.29, 0.717) is 25.9 Å². The van der Waals surface area contributed by atoms with Crippen LogP contribution >= 0.6 is 0 Å². The van der Waals surface area contributed by atoms with Gasteiger partial charge in [0.2, 0.25) is 10.0 Å². The molecule has 144 valence electrons. The predicted octanol–water partition coefficient (Wildman–Crippen LogP) is 1.38. The zero-order valence-electron chi connectivity index (χ0n) is 15.1. The van der Waals surface area contributed by atoms with Gasteiger partial charge in [0.25, 0.3) is 5.91 Å². The van der Waals surface area contributed by atoms with Gasteiger partial charge in [-0.05, 0) is 32.6 Å². The third-order valence-corrected chi connectivity index (χ3v) is 6.97. The van der Waals surface area contributed by atoms with Gasteiger partial charge < -0.3 is 9.64 Å². The summed E-state index contributed by atoms with van der Waals surface area (Å²) in [6.07, 6.45) is 6.43. The Labute approximate surface area is 150 Å². The molecule has 0 aromatic heterocycles. The van der Waals surface area contributed by atoms with Gasteiger partial charge in [0, 0.05) is 26.2 Å². The summed E-state index contributed by atoms with van der Waals surface area (Å²) in [7, 11) is -3.20. The second kappa shape index (κ2) is 9.52. The van der Waals surface area contributed by atoms with Crippen molar-refractivity contribution in [3.63, 3.8) is 0 Å². The lowest BCUT2D eigenvalue weighted by Crippen LogP contribution is -2.42. The van der Waals surface area contributed by atoms with E-state index < -0.39 is 10.0 Å². The molecule has 25 heavy (non-hydrogen) atoms. The minimum atomic E-state index is -3.20. The Hall–Kier alpha value is -1.15. The van der Waals surface area contributed by atoms with E-state index in [1.807, 2.05) is 0 Å². The van der Waals surface area contributed by atoms with E-state index in [-0.39, 0.29) is 30.2 Å². The predicted molar refractivity (Wildman–Crippen MR) is 94.4 cm³/mol. The molecule has 2 heterocycles. The molecule has 0 aromatic carbocycles. The van der Waals surface area contributed by atoms with Crippen LogP contribution in [0.1, 0.15) is 51.9 Å². The van der Waals surface area contributed by atoms with Crippen LogP contribution < -0.4 is 0 Å². The highest BCUT2D eigenvalue weighted by molar-refractivity contribution is 7.89. The number of hydrogen-bond acceptors (Lipinski definition) is 5. The molecule has 0 aromatic rings. The van der Waals surface area contributed by atoms with Crippen LogP contribution in [0.3, 0.4) is 0 Å². The van der Waals surface area contributed by atoms with E-state index in [9.17, 15) is 18.0 Å². The molecule has 0 unspecified atom stereocenters. The molecule has 0 radical (unpaired) electrons. The molecule has 2 saturated heterocycles. The van der Waals surface area contributed by atoms with Gasteiger partial charge in [0.05, 0.1) is 11.7 Å². The minimum absolute atomic E-state index is 0.0758. The van der Waals surface area contributed by atoms with Crippen molar-refractivity contribution in [2.75, 3.05) is 38.5 Å². The summed E-state index contributed by atoms with van der Waals surface area (Å²) >= 11 is 0. The SMILES string of the molecule is CCS(=O)(=O)N1CCC(C(=O)OCC(=O)N2CCCCCCC2)CC1. The summed E-state index contributed by atoms with van der Waals surface area (Å²) in [5, 5.41) is 0. The fourth-order valence-corrected chi connectivity index (χ4v) is 4.52. The first-order chi connectivity index (χ1) is 11.9. The van der Waals surface area contributed by atoms with Crippen LogP contribution in [0.15, 0.2) is 0 Å². The second-order valence-corrected chi connectivity index (χ2v) is 9.09. The van der Waals surface area contributed by atoms with E-state index in [1.165, 1.54) is 10.7 Å². The number of nitrogens with zero attached hydrogens (tertiary/aromatic N) is 2. The molecule has 0 atom stereocenters. The second-order valence-electron chi connectivity index (χ2n) is 6.83. The van der Waals surface area contributed by atoms with Gasteiger partial charge in [0.1, 0.15) is 0 Å². The van der Waals surface area contributed by atoms with Crippen molar-refractivity contribution in [1.29, 1.82) is 0 Å². The normalized spacial score (nSPS) is 21.4. The van der Waals surface area contributed by atoms with Gasteiger partial charge in [-0.2, -0.15) is 0 Å². The molecule has 2 aliphatic heterocycles. The lowest BCUT2D eigenvalue weighted by atomic mass is 9.98. The summed E-state index contributed by atoms with van der Waals surface area (Å²) in [5.41, 5.74) is 0. The molecule has 2 rings (SSSR count). The molecule has 2 aliphatic rings. The Morgan fingerprint density at radius 1 is 0.960 bits per heavy atom. The molecule has 2 fully saturated rings. The van der Waals surface area contributed by atoms with Crippen molar-refractivity contribution in [3.05, 3.63) is 0 Å². The maximum absolute atomic E-state index is 12.2. The first-order valence-electron chi connectivity index (χ1n) is 9.36. The standard InChI is InChI=1S/C17H30N2O5S/c1-2-25(22,23)19-12-8-15(9-13-19)17(21)24-14-16(20)18-10-6-4-3-5-7-11-18/h15H,2-14H2,1H3. The summed E-state index contributed by atoms with van der Waals surface area (Å²) in [4.78, 5) is 26.2. The first-order valence-corrected chi connectivity index (χ1v) is 11.0. The summed E-state index contributed by atoms with van der Waals surface area (Å²) in [5.74, 6) is -0.745. The number of carbonyl (C=O) groups excluding carboxylic acids is 2. The highest BCUT2D eigenvalue weighted by Crippen LogP contribution is 2.21. The van der Waals surface area contributed by atoms with Crippen molar-refractivity contribution in [1.82, 2.24) is 9.21 Å². The van der Waals surface area contributed by atoms with Crippen LogP contribution in [-0.4, -0.2) is 68.0 Å². The monoisotopic (exact) mass is 374 g/mol. The molecule has 0 aliphatic carbocycles. The summed E-state index contributed by atoms with van der Waals surface area (Å²) in [6.45, 7) is 3.58. The van der Waals surface area contributed by atoms with Gasteiger partial charge in [-0.1, -0.05) is 19.3 Å². The van der Waals surface area contributed by atoms with Crippen LogP contribution in [0.4, 0.5) is 0 Å². The van der Waals surface area contributed by atoms with Crippen LogP contribution in [0.2, 0.25) is 0 Å². The minimum Gasteiger partial charge on any atom is -0.455 e. The van der Waals surface area contributed by atoms with Crippen molar-refractivity contribution in [2.24, 2.45) is 5.92 Å². The van der Waals surface area contributed by atoms with Gasteiger partial charge in [-0.15, -0.1) is 0 Å². The quantitative estimate of drug-likeness (QED) is 0.679. The number of amides is 1. The van der Waals surface area contributed by atoms with Crippen LogP contribution in [-0.2, 0) is 24.3 Å². The number of rotatable bonds is 5. The lowest BCUT2D eigenvalue weighted by molar-refractivity contribution is -0.156. The molecule has 1 amide bonds. The average Bonchev–Trinajstić information content (AvgIpc) is 2.59. The molecule has 0 bridgehead atoms. The molecular weight excluding hydrogens is 344 g/mol. The highest BCUT2D eigenvalue weighted by Gasteiger charge is 2.31. The third-order valence-electron chi connectivity index (χ3n) is 5.09. The fourth-order valence-electron chi connectivity index (χ4n) is 3.39. The smallest absolute Gasteiger partial charge is 0.309 e. The number of esters is 1. The van der Waals surface area contributed by atoms with Crippen molar-refractivity contribution in [3.8, 4) is 0 Å². The number of sulfonamides is 1. The largest absolute Gasteiger partial charge is 0.455 e. The number of carbonyl (C=O) groups is 2. The Kier molecular flexibility index (Phi) is 7.68. The zero-order valence-corrected chi connectivity index (χ0v) is 15.9. The van der Waals surface area contributed by atoms with Gasteiger partial charge in [0.15, 0.2) is 6.61 Å². The highest BCUT2D eigenvalue weighted by atomic mass is 32.2. The van der Waals surface area contributed by atoms with E-state index in [0.717, 1.165) is 38.8 Å². The lowest BCUT2D eigenvalue weighted by Gasteiger charge is -2.30. The topological polar surface area (TPSA) is 84.0 Å². The number of likely N-dealkylation sites (tertiary alicyclic amines) is 1. The van der Waals surface area contributed by atoms with Crippen molar-refractivity contribution >= 4 is 21.9 Å². The number of piperidine rings is 1. The first kappa shape index (κ1) is 20.2. The van der Waals surface area contributed by atoms with Crippen molar-refractivity contribution < 1.29 is 22.7 Å². The van der Waals surface area contributed by atoms with Crippen LogP contribution in [0.25, 0.3) is 0 Å². The Morgan fingerprint density at radius 3 is 2.08 bits per heavy atom. The van der Waals surface area contributed by atoms with E-state index in [2.05, 4.69) is 0 Å². The number of ether oxygens (including phenoxy) is 1. The Balaban J connectivity index is 1.74. The molecule has 0 saturated carbocycles. The van der Waals surface area contributed by atoms with Gasteiger partial charge >= 0.3 is 5.97 Å². The van der Waals surface area contributed by atoms with E-state index in [1.54, 1.807) is 11.8 Å². The molecule has 0 spiro atoms. The van der Waals surface area contributed by atoms with E-state index in [4.69, 9.17) is 4.74 Å². The maximum Gasteiger partial charge on any atom is 0.309 e. The van der Waals surface area contributed by atoms with Crippen LogP contribution in [0, 0.1) is 5.92 Å². The fraction of sp³-hybridized carbons (Fsp3) is 0.882. The molecule has 8 heteroatoms. The van der Waals surface area contributed by atoms with Crippen LogP contribution in [0.5, 0.6) is 0 Å². The molecule has 7 nitrogen and oxygen atoms in total. The molecule has 0 N–H and O–H groups in total. The van der Waals surface area contributed by atoms with Crippen molar-refractivity contribution in [2.45, 2.75) is 51.9 Å². The summed E-state index contributed by atoms with van der Waals surface area (Å²) in [6, 6.07) is 0. The number of hydrogen-bond donors (Lipinski definition) is 0. The van der Waals surface area contributed by atoms with Gasteiger partial charge in [-0.25, -0.2) is 12.7 Å². The Bertz CT molecular complexity index is 547. The Morgan fingerprint density at radius 2 is 1.52 bits per heavy atom. The summed E-state index contributed by atoms with van der Waals surface area (Å²) < 4.78 is 30.3. The third kappa shape index (κ3) is 5.95. The maximum atomic E-state index is 12.2. The zero-order chi connectivity index (χ0) is 18.3. The van der Waals surface area contributed by atoms with Gasteiger partial charge in [-0.3, -0.25) is 9.59 Å². The molecular formula is C17H30N2O5S. The van der Waals surface area contributed by atoms with E-state index >= 15 is 0 Å².